The molecule has 0 atom stereocenters. The molecule has 0 fully saturated rings. The summed E-state index contributed by atoms with van der Waals surface area (Å²) in [5, 5.41) is 30.1. The van der Waals surface area contributed by atoms with Crippen LogP contribution in [0.2, 0.25) is 0 Å². The molecule has 0 saturated heterocycles. The molecule has 0 saturated carbocycles. The third kappa shape index (κ3) is 1.33. The molecule has 0 aromatic heterocycles. The van der Waals surface area contributed by atoms with Crippen LogP contribution in [0.15, 0.2) is 24.3 Å². The number of nitro benzene ring substituents is 1. The zero-order valence-corrected chi connectivity index (χ0v) is 9.73. The molecule has 20 heavy (non-hydrogen) atoms. The number of nitrogens with zero attached hydrogens (tertiary/aromatic N) is 2. The Kier molecular flexibility index (Phi) is 2.26. The predicted molar refractivity (Wildman–Crippen MR) is 64.6 cm³/mol. The summed E-state index contributed by atoms with van der Waals surface area (Å²) in [6, 6.07) is 4.91. The minimum absolute atomic E-state index is 0.0303. The van der Waals surface area contributed by atoms with Gasteiger partial charge in [0.05, 0.1) is 21.4 Å². The molecule has 100 valence electrons. The summed E-state index contributed by atoms with van der Waals surface area (Å²) in [4.78, 5) is 33.8. The standard InChI is InChI=1S/C12H6N2O6/c15-8-4-7-9-5(10(8)14(19)20)2-1-3-6(9)11(16)13(18)12(7)17/h1-4,15,18H. The van der Waals surface area contributed by atoms with Gasteiger partial charge in [-0.2, -0.15) is 0 Å². The maximum Gasteiger partial charge on any atom is 0.318 e. The van der Waals surface area contributed by atoms with Crippen molar-refractivity contribution < 1.29 is 24.8 Å². The van der Waals surface area contributed by atoms with Gasteiger partial charge in [-0.05, 0) is 12.1 Å². The van der Waals surface area contributed by atoms with E-state index >= 15 is 0 Å². The van der Waals surface area contributed by atoms with Crippen molar-refractivity contribution in [1.82, 2.24) is 5.06 Å². The normalized spacial score (nSPS) is 13.9. The zero-order chi connectivity index (χ0) is 14.6. The van der Waals surface area contributed by atoms with E-state index < -0.39 is 28.2 Å². The molecule has 0 bridgehead atoms. The Morgan fingerprint density at radius 1 is 1.15 bits per heavy atom. The lowest BCUT2D eigenvalue weighted by Gasteiger charge is -2.21. The van der Waals surface area contributed by atoms with Crippen LogP contribution in [0.25, 0.3) is 10.8 Å². The largest absolute Gasteiger partial charge is 0.502 e. The average molecular weight is 274 g/mol. The number of benzene rings is 2. The molecule has 8 nitrogen and oxygen atoms in total. The molecule has 8 heteroatoms. The molecule has 2 aromatic rings. The van der Waals surface area contributed by atoms with Crippen molar-refractivity contribution in [2.75, 3.05) is 0 Å². The van der Waals surface area contributed by atoms with Crippen LogP contribution in [0, 0.1) is 10.1 Å². The van der Waals surface area contributed by atoms with Gasteiger partial charge >= 0.3 is 5.69 Å². The topological polar surface area (TPSA) is 121 Å². The maximum atomic E-state index is 11.8. The Morgan fingerprint density at radius 2 is 1.80 bits per heavy atom. The van der Waals surface area contributed by atoms with Crippen LogP contribution in [0.5, 0.6) is 5.75 Å². The number of hydrogen-bond donors (Lipinski definition) is 2. The fraction of sp³-hybridized carbons (Fsp3) is 0. The molecule has 1 aliphatic heterocycles. The number of nitro groups is 1. The number of amides is 2. The van der Waals surface area contributed by atoms with E-state index in [1.165, 1.54) is 18.2 Å². The molecule has 2 aromatic carbocycles. The van der Waals surface area contributed by atoms with Gasteiger partial charge in [0.15, 0.2) is 5.75 Å². The van der Waals surface area contributed by atoms with Gasteiger partial charge in [0, 0.05) is 11.5 Å². The highest BCUT2D eigenvalue weighted by Crippen LogP contribution is 2.40. The number of carbonyl (C=O) groups excluding carboxylic acids is 2. The number of aromatic hydroxyl groups is 1. The predicted octanol–water partition coefficient (Wildman–Crippen LogP) is 1.44. The van der Waals surface area contributed by atoms with Gasteiger partial charge in [-0.15, -0.1) is 5.06 Å². The Morgan fingerprint density at radius 3 is 2.45 bits per heavy atom. The fourth-order valence-corrected chi connectivity index (χ4v) is 2.31. The monoisotopic (exact) mass is 274 g/mol. The number of phenols is 1. The first-order chi connectivity index (χ1) is 9.43. The minimum atomic E-state index is -1.04. The third-order valence-electron chi connectivity index (χ3n) is 3.14. The van der Waals surface area contributed by atoms with Crippen LogP contribution in [0.3, 0.4) is 0 Å². The van der Waals surface area contributed by atoms with Crippen molar-refractivity contribution in [3.63, 3.8) is 0 Å². The van der Waals surface area contributed by atoms with Crippen LogP contribution in [0.4, 0.5) is 5.69 Å². The second-order valence-corrected chi connectivity index (χ2v) is 4.20. The highest BCUT2D eigenvalue weighted by atomic mass is 16.6. The van der Waals surface area contributed by atoms with Gasteiger partial charge in [0.25, 0.3) is 11.8 Å². The van der Waals surface area contributed by atoms with Crippen LogP contribution in [-0.4, -0.2) is 32.1 Å². The number of hydrogen-bond acceptors (Lipinski definition) is 6. The van der Waals surface area contributed by atoms with E-state index in [-0.39, 0.29) is 27.0 Å². The molecule has 0 aliphatic carbocycles. The minimum Gasteiger partial charge on any atom is -0.502 e. The highest BCUT2D eigenvalue weighted by molar-refractivity contribution is 6.26. The van der Waals surface area contributed by atoms with Gasteiger partial charge in [-0.1, -0.05) is 6.07 Å². The smallest absolute Gasteiger partial charge is 0.318 e. The van der Waals surface area contributed by atoms with Crippen molar-refractivity contribution >= 4 is 28.3 Å². The van der Waals surface area contributed by atoms with E-state index in [4.69, 9.17) is 0 Å². The quantitative estimate of drug-likeness (QED) is 0.351. The van der Waals surface area contributed by atoms with Gasteiger partial charge in [-0.25, -0.2) is 0 Å². The van der Waals surface area contributed by atoms with Gasteiger partial charge < -0.3 is 5.11 Å². The first-order valence-electron chi connectivity index (χ1n) is 5.44. The van der Waals surface area contributed by atoms with Gasteiger partial charge in [0.1, 0.15) is 0 Å². The first kappa shape index (κ1) is 12.1. The number of imide groups is 1. The molecule has 3 rings (SSSR count). The summed E-state index contributed by atoms with van der Waals surface area (Å²) in [6.45, 7) is 0. The van der Waals surface area contributed by atoms with E-state index in [2.05, 4.69) is 0 Å². The van der Waals surface area contributed by atoms with E-state index in [1.54, 1.807) is 0 Å². The van der Waals surface area contributed by atoms with E-state index in [0.717, 1.165) is 6.07 Å². The number of carbonyl (C=O) groups is 2. The van der Waals surface area contributed by atoms with Crippen molar-refractivity contribution in [3.05, 3.63) is 45.5 Å². The molecule has 0 spiro atoms. The zero-order valence-electron chi connectivity index (χ0n) is 9.73. The second-order valence-electron chi connectivity index (χ2n) is 4.20. The lowest BCUT2D eigenvalue weighted by molar-refractivity contribution is -0.384. The lowest BCUT2D eigenvalue weighted by atomic mass is 9.93. The highest BCUT2D eigenvalue weighted by Gasteiger charge is 2.35. The Balaban J connectivity index is 2.56. The van der Waals surface area contributed by atoms with Crippen LogP contribution >= 0.6 is 0 Å². The molecule has 2 N–H and O–H groups in total. The van der Waals surface area contributed by atoms with Gasteiger partial charge in [0.2, 0.25) is 0 Å². The summed E-state index contributed by atoms with van der Waals surface area (Å²) < 4.78 is 0. The third-order valence-corrected chi connectivity index (χ3v) is 3.14. The number of rotatable bonds is 1. The second kappa shape index (κ2) is 3.75. The summed E-state index contributed by atoms with van der Waals surface area (Å²) >= 11 is 0. The van der Waals surface area contributed by atoms with Crippen LogP contribution in [-0.2, 0) is 0 Å². The Labute approximate surface area is 110 Å². The molecular weight excluding hydrogens is 268 g/mol. The number of phenolic OH excluding ortho intramolecular Hbond substituents is 1. The van der Waals surface area contributed by atoms with Gasteiger partial charge in [-0.3, -0.25) is 24.9 Å². The Bertz CT molecular complexity index is 813. The Hall–Kier alpha value is -3.00. The summed E-state index contributed by atoms with van der Waals surface area (Å²) in [7, 11) is 0. The maximum absolute atomic E-state index is 11.8. The lowest BCUT2D eigenvalue weighted by Crippen LogP contribution is -2.37. The molecule has 1 aliphatic rings. The van der Waals surface area contributed by atoms with Crippen LogP contribution in [0.1, 0.15) is 20.7 Å². The van der Waals surface area contributed by atoms with E-state index in [9.17, 15) is 30.0 Å². The average Bonchev–Trinajstić information content (AvgIpc) is 2.41. The molecule has 0 radical (unpaired) electrons. The fourth-order valence-electron chi connectivity index (χ4n) is 2.31. The molecular formula is C12H6N2O6. The van der Waals surface area contributed by atoms with Crippen molar-refractivity contribution in [1.29, 1.82) is 0 Å². The first-order valence-corrected chi connectivity index (χ1v) is 5.44. The van der Waals surface area contributed by atoms with Crippen molar-refractivity contribution in [2.45, 2.75) is 0 Å². The summed E-state index contributed by atoms with van der Waals surface area (Å²) in [5.41, 5.74) is -0.791. The van der Waals surface area contributed by atoms with E-state index in [0.29, 0.717) is 0 Å². The summed E-state index contributed by atoms with van der Waals surface area (Å²) in [5.74, 6) is -2.71. The molecule has 0 unspecified atom stereocenters. The van der Waals surface area contributed by atoms with Crippen molar-refractivity contribution in [2.24, 2.45) is 0 Å². The molecule has 2 amide bonds. The summed E-state index contributed by atoms with van der Waals surface area (Å²) in [6.07, 6.45) is 0. The van der Waals surface area contributed by atoms with E-state index in [1.807, 2.05) is 0 Å². The van der Waals surface area contributed by atoms with Crippen molar-refractivity contribution in [3.8, 4) is 5.75 Å². The SMILES string of the molecule is O=C1c2cccc3c([N+](=O)[O-])c(O)cc(c23)C(=O)N1O. The molecule has 1 heterocycles. The number of hydroxylamine groups is 2. The van der Waals surface area contributed by atoms with Crippen LogP contribution < -0.4 is 0 Å².